The van der Waals surface area contributed by atoms with Crippen LogP contribution in [0.5, 0.6) is 5.75 Å². The molecule has 0 fully saturated rings. The summed E-state index contributed by atoms with van der Waals surface area (Å²) in [7, 11) is 1.57. The normalized spacial score (nSPS) is 15.4. The molecule has 1 aliphatic heterocycles. The number of benzene rings is 2. The summed E-state index contributed by atoms with van der Waals surface area (Å²) in [6.45, 7) is 3.73. The summed E-state index contributed by atoms with van der Waals surface area (Å²) >= 11 is 1.19. The largest absolute Gasteiger partial charge is 0.497 e. The van der Waals surface area contributed by atoms with Gasteiger partial charge in [-0.25, -0.2) is 9.79 Å². The lowest BCUT2D eigenvalue weighted by atomic mass is 9.96. The molecule has 2 aromatic rings. The van der Waals surface area contributed by atoms with Gasteiger partial charge in [0.25, 0.3) is 5.69 Å². The Balaban J connectivity index is 1.80. The van der Waals surface area contributed by atoms with Crippen LogP contribution in [0.15, 0.2) is 64.8 Å². The van der Waals surface area contributed by atoms with Crippen LogP contribution in [-0.4, -0.2) is 41.3 Å². The van der Waals surface area contributed by atoms with Crippen molar-refractivity contribution in [3.63, 3.8) is 0 Å². The number of carbonyl (C=O) groups excluding carboxylic acids is 2. The molecule has 1 atom stereocenters. The van der Waals surface area contributed by atoms with E-state index in [1.165, 1.54) is 36.0 Å². The summed E-state index contributed by atoms with van der Waals surface area (Å²) in [4.78, 5) is 40.1. The van der Waals surface area contributed by atoms with Crippen molar-refractivity contribution in [3.8, 4) is 5.75 Å². The van der Waals surface area contributed by atoms with E-state index in [0.29, 0.717) is 27.8 Å². The summed E-state index contributed by atoms with van der Waals surface area (Å²) in [5.74, 6) is 0.0932. The highest BCUT2D eigenvalue weighted by Gasteiger charge is 2.30. The lowest BCUT2D eigenvalue weighted by Gasteiger charge is -2.25. The summed E-state index contributed by atoms with van der Waals surface area (Å²) in [6.07, 6.45) is 0. The number of hydrogen-bond acceptors (Lipinski definition) is 9. The Bertz CT molecular complexity index is 1110. The first-order chi connectivity index (χ1) is 15.8. The number of methoxy groups -OCH3 is 1. The van der Waals surface area contributed by atoms with Crippen LogP contribution >= 0.6 is 11.8 Å². The van der Waals surface area contributed by atoms with Crippen molar-refractivity contribution in [2.75, 3.05) is 19.5 Å². The molecule has 0 aromatic heterocycles. The molecular weight excluding hydrogens is 446 g/mol. The first-order valence-electron chi connectivity index (χ1n) is 10.1. The molecule has 1 aliphatic rings. The number of amidine groups is 1. The van der Waals surface area contributed by atoms with Crippen LogP contribution in [0.25, 0.3) is 0 Å². The van der Waals surface area contributed by atoms with Gasteiger partial charge in [-0.1, -0.05) is 23.9 Å². The van der Waals surface area contributed by atoms with Crippen LogP contribution in [0, 0.1) is 10.1 Å². The van der Waals surface area contributed by atoms with Gasteiger partial charge in [0.1, 0.15) is 11.8 Å². The molecule has 0 spiro atoms. The number of ether oxygens (including phenoxy) is 2. The van der Waals surface area contributed by atoms with E-state index < -0.39 is 16.9 Å². The summed E-state index contributed by atoms with van der Waals surface area (Å²) < 4.78 is 10.4. The van der Waals surface area contributed by atoms with E-state index in [9.17, 15) is 19.7 Å². The van der Waals surface area contributed by atoms with Crippen molar-refractivity contribution in [1.29, 1.82) is 0 Å². The highest BCUT2D eigenvalue weighted by atomic mass is 32.2. The molecule has 0 amide bonds. The maximum absolute atomic E-state index is 12.6. The van der Waals surface area contributed by atoms with Gasteiger partial charge >= 0.3 is 5.97 Å². The van der Waals surface area contributed by atoms with Gasteiger partial charge in [0.15, 0.2) is 11.0 Å². The zero-order valence-electron chi connectivity index (χ0n) is 18.4. The van der Waals surface area contributed by atoms with Crippen LogP contribution in [0.1, 0.15) is 35.8 Å². The molecule has 0 saturated carbocycles. The number of non-ortho nitro benzene ring substituents is 1. The Morgan fingerprint density at radius 3 is 2.39 bits per heavy atom. The number of nitrogens with one attached hydrogen (secondary N) is 1. The van der Waals surface area contributed by atoms with Gasteiger partial charge in [-0.2, -0.15) is 0 Å². The lowest BCUT2D eigenvalue weighted by Crippen LogP contribution is -2.31. The van der Waals surface area contributed by atoms with E-state index in [1.54, 1.807) is 33.1 Å². The first-order valence-corrected chi connectivity index (χ1v) is 11.1. The van der Waals surface area contributed by atoms with Gasteiger partial charge in [0.2, 0.25) is 0 Å². The first kappa shape index (κ1) is 24.0. The number of carbonyl (C=O) groups is 2. The molecular formula is C23H23N3O6S. The number of hydrogen-bond donors (Lipinski definition) is 1. The fraction of sp³-hybridized carbons (Fsp3) is 0.261. The van der Waals surface area contributed by atoms with Gasteiger partial charge in [-0.3, -0.25) is 14.9 Å². The standard InChI is InChI=1S/C23H23N3O6S/c1-4-32-22(28)20-14(2)24-23(25-21(20)16-7-11-18(31-3)12-8-16)33-13-19(27)15-5-9-17(10-6-15)26(29)30/h5-12,21H,4,13H2,1-3H3,(H,24,25). The maximum Gasteiger partial charge on any atom is 0.338 e. The number of nitrogens with zero attached hydrogens (tertiary/aromatic N) is 2. The van der Waals surface area contributed by atoms with E-state index in [0.717, 1.165) is 5.56 Å². The molecule has 172 valence electrons. The molecule has 33 heavy (non-hydrogen) atoms. The SMILES string of the molecule is CCOC(=O)C1=C(C)NC(SCC(=O)c2ccc([N+](=O)[O-])cc2)=NC1c1ccc(OC)cc1. The second kappa shape index (κ2) is 10.8. The fourth-order valence-corrected chi connectivity index (χ4v) is 4.05. The quantitative estimate of drug-likeness (QED) is 0.266. The Labute approximate surface area is 195 Å². The minimum Gasteiger partial charge on any atom is -0.497 e. The van der Waals surface area contributed by atoms with Crippen LogP contribution in [-0.2, 0) is 9.53 Å². The average Bonchev–Trinajstić information content (AvgIpc) is 2.82. The third-order valence-corrected chi connectivity index (χ3v) is 5.77. The molecule has 1 N–H and O–H groups in total. The molecule has 0 radical (unpaired) electrons. The van der Waals surface area contributed by atoms with E-state index >= 15 is 0 Å². The number of esters is 1. The third kappa shape index (κ3) is 5.78. The monoisotopic (exact) mass is 469 g/mol. The van der Waals surface area contributed by atoms with Gasteiger partial charge in [-0.05, 0) is 43.7 Å². The van der Waals surface area contributed by atoms with Gasteiger partial charge in [0.05, 0.1) is 30.0 Å². The summed E-state index contributed by atoms with van der Waals surface area (Å²) in [6, 6.07) is 12.1. The predicted octanol–water partition coefficient (Wildman–Crippen LogP) is 4.06. The Morgan fingerprint density at radius 2 is 1.82 bits per heavy atom. The Kier molecular flexibility index (Phi) is 7.83. The van der Waals surface area contributed by atoms with E-state index in [1.807, 2.05) is 12.1 Å². The van der Waals surface area contributed by atoms with Crippen molar-refractivity contribution in [2.24, 2.45) is 4.99 Å². The van der Waals surface area contributed by atoms with E-state index in [2.05, 4.69) is 10.3 Å². The Hall–Kier alpha value is -3.66. The minimum atomic E-state index is -0.604. The molecule has 0 saturated heterocycles. The number of rotatable bonds is 8. The van der Waals surface area contributed by atoms with Crippen molar-refractivity contribution in [2.45, 2.75) is 19.9 Å². The van der Waals surface area contributed by atoms with E-state index in [4.69, 9.17) is 9.47 Å². The van der Waals surface area contributed by atoms with E-state index in [-0.39, 0.29) is 23.8 Å². The Morgan fingerprint density at radius 1 is 1.15 bits per heavy atom. The summed E-state index contributed by atoms with van der Waals surface area (Å²) in [5.41, 5.74) is 2.06. The second-order valence-electron chi connectivity index (χ2n) is 7.01. The number of nitro benzene ring substituents is 1. The molecule has 1 unspecified atom stereocenters. The van der Waals surface area contributed by atoms with Crippen molar-refractivity contribution in [3.05, 3.63) is 81.0 Å². The highest BCUT2D eigenvalue weighted by Crippen LogP contribution is 2.33. The molecule has 3 rings (SSSR count). The number of thioether (sulfide) groups is 1. The van der Waals surface area contributed by atoms with Crippen LogP contribution < -0.4 is 10.1 Å². The highest BCUT2D eigenvalue weighted by molar-refractivity contribution is 8.14. The summed E-state index contributed by atoms with van der Waals surface area (Å²) in [5, 5.41) is 14.4. The average molecular weight is 470 g/mol. The van der Waals surface area contributed by atoms with Gasteiger partial charge in [-0.15, -0.1) is 0 Å². The smallest absolute Gasteiger partial charge is 0.338 e. The molecule has 10 heteroatoms. The van der Waals surface area contributed by atoms with Crippen LogP contribution in [0.2, 0.25) is 0 Å². The minimum absolute atomic E-state index is 0.0704. The number of aliphatic imine (C=N–C) groups is 1. The number of nitro groups is 1. The maximum atomic E-state index is 12.6. The molecule has 2 aromatic carbocycles. The van der Waals surface area contributed by atoms with Gasteiger partial charge < -0.3 is 14.8 Å². The van der Waals surface area contributed by atoms with Crippen LogP contribution in [0.3, 0.4) is 0 Å². The van der Waals surface area contributed by atoms with Crippen LogP contribution in [0.4, 0.5) is 5.69 Å². The zero-order chi connectivity index (χ0) is 24.0. The van der Waals surface area contributed by atoms with Crippen molar-refractivity contribution in [1.82, 2.24) is 5.32 Å². The molecule has 9 nitrogen and oxygen atoms in total. The molecule has 0 bridgehead atoms. The van der Waals surface area contributed by atoms with Crippen molar-refractivity contribution < 1.29 is 24.0 Å². The number of ketones is 1. The number of Topliss-reactive ketones (excluding diaryl/α,β-unsaturated/α-hetero) is 1. The molecule has 0 aliphatic carbocycles. The van der Waals surface area contributed by atoms with Gasteiger partial charge in [0, 0.05) is 23.4 Å². The number of allylic oxidation sites excluding steroid dienone is 1. The lowest BCUT2D eigenvalue weighted by molar-refractivity contribution is -0.384. The topological polar surface area (TPSA) is 120 Å². The third-order valence-electron chi connectivity index (χ3n) is 4.89. The molecule has 1 heterocycles. The predicted molar refractivity (Wildman–Crippen MR) is 126 cm³/mol. The zero-order valence-corrected chi connectivity index (χ0v) is 19.2. The van der Waals surface area contributed by atoms with Crippen molar-refractivity contribution >= 4 is 34.4 Å². The second-order valence-corrected chi connectivity index (χ2v) is 7.97. The fourth-order valence-electron chi connectivity index (χ4n) is 3.21.